The minimum Gasteiger partial charge on any atom is -0.303 e. The van der Waals surface area contributed by atoms with Crippen LogP contribution in [-0.4, -0.2) is 24.6 Å². The van der Waals surface area contributed by atoms with Crippen LogP contribution in [0.1, 0.15) is 169 Å². The van der Waals surface area contributed by atoms with Gasteiger partial charge in [-0.15, -0.1) is 0 Å². The molecular formula is C42H68O4. The average Bonchev–Trinajstić information content (AvgIpc) is 3.72. The van der Waals surface area contributed by atoms with Gasteiger partial charge in [0.25, 0.3) is 0 Å². The first-order valence-electron chi connectivity index (χ1n) is 19.5. The second-order valence-electron chi connectivity index (χ2n) is 16.0. The highest BCUT2D eigenvalue weighted by atomic mass is 16.1. The van der Waals surface area contributed by atoms with Gasteiger partial charge >= 0.3 is 0 Å². The summed E-state index contributed by atoms with van der Waals surface area (Å²) in [7, 11) is 0. The molecule has 4 heteroatoms. The standard InChI is InChI=1S/C22H32O2.C14H26O.C6H10O/c1-14(13-23)18-6-7-19-17-5-4-15-12-16(24)8-10-21(15,2)20(17)9-11-22(18,19)3;1-2-3-4-5-6-7-8-9-10-11-12-13-14-15;7-5-6-3-1-2-4-6/h12-14,17-20H,4-11H2,1-3H3;7-8,14H,2-6,9-13H2,1H3;5-6H,1-4H2/b;8-7-;/t14-,17+,18-,19+,20+,21+,22-;;/m1../s1. The normalized spacial score (nSPS) is 32.5. The Morgan fingerprint density at radius 2 is 1.46 bits per heavy atom. The van der Waals surface area contributed by atoms with E-state index < -0.39 is 0 Å². The lowest BCUT2D eigenvalue weighted by molar-refractivity contribution is -0.118. The first-order valence-corrected chi connectivity index (χ1v) is 19.5. The van der Waals surface area contributed by atoms with Gasteiger partial charge in [-0.2, -0.15) is 0 Å². The second kappa shape index (κ2) is 19.9. The van der Waals surface area contributed by atoms with E-state index in [0.29, 0.717) is 23.0 Å². The van der Waals surface area contributed by atoms with Crippen LogP contribution in [0.15, 0.2) is 23.8 Å². The van der Waals surface area contributed by atoms with E-state index in [9.17, 15) is 19.2 Å². The fraction of sp³-hybridized carbons (Fsp3) is 0.810. The van der Waals surface area contributed by atoms with Crippen molar-refractivity contribution in [2.75, 3.05) is 0 Å². The van der Waals surface area contributed by atoms with E-state index in [4.69, 9.17) is 0 Å². The maximum Gasteiger partial charge on any atom is 0.155 e. The number of hydrogen-bond acceptors (Lipinski definition) is 4. The first-order chi connectivity index (χ1) is 22.2. The number of ketones is 1. The Hall–Kier alpha value is -1.84. The number of hydrogen-bond donors (Lipinski definition) is 0. The molecule has 0 aliphatic heterocycles. The summed E-state index contributed by atoms with van der Waals surface area (Å²) in [6, 6.07) is 0. The van der Waals surface area contributed by atoms with Gasteiger partial charge in [0.05, 0.1) is 0 Å². The smallest absolute Gasteiger partial charge is 0.155 e. The predicted octanol–water partition coefficient (Wildman–Crippen LogP) is 11.0. The van der Waals surface area contributed by atoms with Crippen molar-refractivity contribution >= 4 is 24.6 Å². The SMILES string of the molecule is CCCCCC/C=C\CCCCCC=O.C[C@H](C=O)[C@H]1CC[C@H]2[C@@H]3CCC4=CC(=O)CC[C@]4(C)[C@H]3CC[C@]12C.O=CC1CCCC1. The molecule has 4 nitrogen and oxygen atoms in total. The minimum atomic E-state index is 0.207. The van der Waals surface area contributed by atoms with Gasteiger partial charge in [0, 0.05) is 24.7 Å². The second-order valence-corrected chi connectivity index (χ2v) is 16.0. The Kier molecular flexibility index (Phi) is 16.7. The predicted molar refractivity (Wildman–Crippen MR) is 190 cm³/mol. The summed E-state index contributed by atoms with van der Waals surface area (Å²) in [5, 5.41) is 0. The molecule has 7 atom stereocenters. The number of unbranched alkanes of at least 4 members (excludes halogenated alkanes) is 8. The zero-order chi connectivity index (χ0) is 33.4. The van der Waals surface area contributed by atoms with Gasteiger partial charge in [-0.3, -0.25) is 4.79 Å². The van der Waals surface area contributed by atoms with Crippen LogP contribution in [0.25, 0.3) is 0 Å². The summed E-state index contributed by atoms with van der Waals surface area (Å²) in [5.41, 5.74) is 2.09. The Bertz CT molecular complexity index is 1010. The van der Waals surface area contributed by atoms with Crippen LogP contribution in [0.3, 0.4) is 0 Å². The Morgan fingerprint density at radius 1 is 0.783 bits per heavy atom. The molecule has 0 aromatic heterocycles. The van der Waals surface area contributed by atoms with Crippen molar-refractivity contribution in [3.8, 4) is 0 Å². The lowest BCUT2D eigenvalue weighted by atomic mass is 9.46. The molecule has 0 amide bonds. The van der Waals surface area contributed by atoms with Gasteiger partial charge in [-0.25, -0.2) is 0 Å². The molecule has 0 heterocycles. The Morgan fingerprint density at radius 3 is 2.07 bits per heavy atom. The van der Waals surface area contributed by atoms with E-state index in [2.05, 4.69) is 39.8 Å². The summed E-state index contributed by atoms with van der Waals surface area (Å²) in [6.45, 7) is 9.32. The van der Waals surface area contributed by atoms with Gasteiger partial charge in [-0.1, -0.05) is 83.9 Å². The minimum absolute atomic E-state index is 0.207. The van der Waals surface area contributed by atoms with E-state index in [1.54, 1.807) is 0 Å². The highest BCUT2D eigenvalue weighted by Gasteiger charge is 2.59. The maximum atomic E-state index is 11.9. The molecular weight excluding hydrogens is 568 g/mol. The zero-order valence-electron chi connectivity index (χ0n) is 30.1. The van der Waals surface area contributed by atoms with Crippen molar-refractivity contribution in [2.45, 2.75) is 169 Å². The van der Waals surface area contributed by atoms with Crippen LogP contribution in [0.2, 0.25) is 0 Å². The summed E-state index contributed by atoms with van der Waals surface area (Å²) in [5.74, 6) is 3.91. The monoisotopic (exact) mass is 637 g/mol. The van der Waals surface area contributed by atoms with Crippen LogP contribution < -0.4 is 0 Å². The van der Waals surface area contributed by atoms with Gasteiger partial charge in [0.15, 0.2) is 5.78 Å². The molecule has 260 valence electrons. The lowest BCUT2D eigenvalue weighted by Gasteiger charge is -2.58. The third kappa shape index (κ3) is 10.3. The molecule has 5 aliphatic carbocycles. The van der Waals surface area contributed by atoms with Gasteiger partial charge in [-0.05, 0) is 130 Å². The molecule has 0 bridgehead atoms. The topological polar surface area (TPSA) is 68.3 Å². The quantitative estimate of drug-likeness (QED) is 0.108. The highest BCUT2D eigenvalue weighted by molar-refractivity contribution is 5.91. The van der Waals surface area contributed by atoms with E-state index in [1.165, 1.54) is 108 Å². The summed E-state index contributed by atoms with van der Waals surface area (Å²) in [6.07, 6.45) is 36.1. The van der Waals surface area contributed by atoms with Gasteiger partial charge in [0.2, 0.25) is 0 Å². The molecule has 4 fully saturated rings. The molecule has 0 aromatic carbocycles. The van der Waals surface area contributed by atoms with E-state index in [-0.39, 0.29) is 11.3 Å². The molecule has 5 rings (SSSR count). The molecule has 0 N–H and O–H groups in total. The number of aldehydes is 3. The van der Waals surface area contributed by atoms with Crippen molar-refractivity contribution in [3.63, 3.8) is 0 Å². The maximum absolute atomic E-state index is 11.9. The third-order valence-electron chi connectivity index (χ3n) is 13.1. The fourth-order valence-corrected chi connectivity index (χ4v) is 10.2. The van der Waals surface area contributed by atoms with Crippen LogP contribution in [0.4, 0.5) is 0 Å². The third-order valence-corrected chi connectivity index (χ3v) is 13.1. The number of rotatable bonds is 14. The Balaban J connectivity index is 0.000000223. The lowest BCUT2D eigenvalue weighted by Crippen LogP contribution is -2.51. The van der Waals surface area contributed by atoms with Gasteiger partial charge < -0.3 is 14.4 Å². The molecule has 4 saturated carbocycles. The van der Waals surface area contributed by atoms with Crippen molar-refractivity contribution < 1.29 is 19.2 Å². The molecule has 0 radical (unpaired) electrons. The summed E-state index contributed by atoms with van der Waals surface area (Å²) >= 11 is 0. The highest BCUT2D eigenvalue weighted by Crippen LogP contribution is 2.67. The molecule has 46 heavy (non-hydrogen) atoms. The van der Waals surface area contributed by atoms with Crippen molar-refractivity contribution in [1.82, 2.24) is 0 Å². The summed E-state index contributed by atoms with van der Waals surface area (Å²) in [4.78, 5) is 43.4. The van der Waals surface area contributed by atoms with E-state index >= 15 is 0 Å². The number of carbonyl (C=O) groups is 4. The van der Waals surface area contributed by atoms with Crippen LogP contribution in [0, 0.1) is 46.3 Å². The zero-order valence-corrected chi connectivity index (χ0v) is 30.1. The number of allylic oxidation sites excluding steroid dienone is 3. The summed E-state index contributed by atoms with van der Waals surface area (Å²) < 4.78 is 0. The first kappa shape index (κ1) is 38.6. The van der Waals surface area contributed by atoms with Crippen molar-refractivity contribution in [1.29, 1.82) is 0 Å². The van der Waals surface area contributed by atoms with Crippen molar-refractivity contribution in [3.05, 3.63) is 23.8 Å². The largest absolute Gasteiger partial charge is 0.303 e. The fourth-order valence-electron chi connectivity index (χ4n) is 10.2. The van der Waals surface area contributed by atoms with Crippen molar-refractivity contribution in [2.24, 2.45) is 46.3 Å². The average molecular weight is 637 g/mol. The van der Waals surface area contributed by atoms with Crippen LogP contribution in [0.5, 0.6) is 0 Å². The van der Waals surface area contributed by atoms with Crippen LogP contribution in [-0.2, 0) is 19.2 Å². The van der Waals surface area contributed by atoms with Gasteiger partial charge in [0.1, 0.15) is 18.9 Å². The Labute approximate surface area is 282 Å². The van der Waals surface area contributed by atoms with E-state index in [0.717, 1.165) is 75.3 Å². The molecule has 0 spiro atoms. The number of fused-ring (bicyclic) bond motifs is 5. The van der Waals surface area contributed by atoms with E-state index in [1.807, 2.05) is 6.08 Å². The molecule has 5 aliphatic rings. The molecule has 0 saturated heterocycles. The molecule has 0 unspecified atom stereocenters. The van der Waals surface area contributed by atoms with Crippen LogP contribution >= 0.6 is 0 Å². The molecule has 0 aromatic rings. The number of carbonyl (C=O) groups excluding carboxylic acids is 4.